The SMILES string of the molecule is COC(=O)C1OC(C)(C)OC1c1ccc(Cl)cc1. The number of esters is 1. The van der Waals surface area contributed by atoms with E-state index in [1.165, 1.54) is 7.11 Å². The summed E-state index contributed by atoms with van der Waals surface area (Å²) in [7, 11) is 1.33. The predicted molar refractivity (Wildman–Crippen MR) is 66.2 cm³/mol. The van der Waals surface area contributed by atoms with E-state index in [0.717, 1.165) is 5.56 Å². The Balaban J connectivity index is 2.29. The second-order valence-electron chi connectivity index (χ2n) is 4.55. The molecule has 1 aliphatic rings. The number of carbonyl (C=O) groups is 1. The molecular weight excluding hydrogens is 256 g/mol. The largest absolute Gasteiger partial charge is 0.467 e. The van der Waals surface area contributed by atoms with E-state index < -0.39 is 24.0 Å². The maximum Gasteiger partial charge on any atom is 0.338 e. The van der Waals surface area contributed by atoms with Crippen LogP contribution >= 0.6 is 11.6 Å². The fourth-order valence-corrected chi connectivity index (χ4v) is 2.07. The molecule has 1 aromatic rings. The zero-order chi connectivity index (χ0) is 13.3. The summed E-state index contributed by atoms with van der Waals surface area (Å²) in [6, 6.07) is 7.13. The summed E-state index contributed by atoms with van der Waals surface area (Å²) >= 11 is 5.84. The van der Waals surface area contributed by atoms with Gasteiger partial charge >= 0.3 is 5.97 Å². The predicted octanol–water partition coefficient (Wildman–Crippen LogP) is 2.71. The Morgan fingerprint density at radius 3 is 2.44 bits per heavy atom. The third kappa shape index (κ3) is 2.66. The van der Waals surface area contributed by atoms with Gasteiger partial charge in [0.15, 0.2) is 11.9 Å². The van der Waals surface area contributed by atoms with Crippen LogP contribution in [0.2, 0.25) is 5.02 Å². The molecule has 1 heterocycles. The minimum Gasteiger partial charge on any atom is -0.467 e. The van der Waals surface area contributed by atoms with Crippen LogP contribution in [0.3, 0.4) is 0 Å². The van der Waals surface area contributed by atoms with Crippen LogP contribution < -0.4 is 0 Å². The van der Waals surface area contributed by atoms with Gasteiger partial charge in [0.2, 0.25) is 0 Å². The highest BCUT2D eigenvalue weighted by Crippen LogP contribution is 2.38. The van der Waals surface area contributed by atoms with E-state index in [-0.39, 0.29) is 0 Å². The summed E-state index contributed by atoms with van der Waals surface area (Å²) in [6.45, 7) is 3.53. The van der Waals surface area contributed by atoms with Gasteiger partial charge in [0.1, 0.15) is 6.10 Å². The first-order valence-corrected chi connectivity index (χ1v) is 6.00. The van der Waals surface area contributed by atoms with Gasteiger partial charge in [-0.15, -0.1) is 0 Å². The third-order valence-electron chi connectivity index (χ3n) is 2.73. The van der Waals surface area contributed by atoms with Crippen LogP contribution in [0.25, 0.3) is 0 Å². The lowest BCUT2D eigenvalue weighted by Crippen LogP contribution is -2.28. The molecule has 0 saturated carbocycles. The number of benzene rings is 1. The van der Waals surface area contributed by atoms with Gasteiger partial charge in [-0.25, -0.2) is 4.79 Å². The van der Waals surface area contributed by atoms with Crippen LogP contribution in [0, 0.1) is 0 Å². The number of hydrogen-bond donors (Lipinski definition) is 0. The second kappa shape index (κ2) is 4.88. The van der Waals surface area contributed by atoms with Crippen molar-refractivity contribution < 1.29 is 19.0 Å². The number of rotatable bonds is 2. The van der Waals surface area contributed by atoms with Gasteiger partial charge in [0.25, 0.3) is 0 Å². The molecule has 0 spiro atoms. The van der Waals surface area contributed by atoms with E-state index in [0.29, 0.717) is 5.02 Å². The first kappa shape index (κ1) is 13.3. The number of ether oxygens (including phenoxy) is 3. The highest BCUT2D eigenvalue weighted by Gasteiger charge is 2.46. The van der Waals surface area contributed by atoms with E-state index in [4.69, 9.17) is 25.8 Å². The lowest BCUT2D eigenvalue weighted by molar-refractivity contribution is -0.168. The fraction of sp³-hybridized carbons (Fsp3) is 0.462. The van der Waals surface area contributed by atoms with Crippen molar-refractivity contribution >= 4 is 17.6 Å². The van der Waals surface area contributed by atoms with Crippen molar-refractivity contribution in [3.8, 4) is 0 Å². The van der Waals surface area contributed by atoms with Crippen LogP contribution in [0.5, 0.6) is 0 Å². The summed E-state index contributed by atoms with van der Waals surface area (Å²) < 4.78 is 16.0. The molecule has 1 fully saturated rings. The highest BCUT2D eigenvalue weighted by atomic mass is 35.5. The monoisotopic (exact) mass is 270 g/mol. The molecule has 2 unspecified atom stereocenters. The zero-order valence-corrected chi connectivity index (χ0v) is 11.2. The Morgan fingerprint density at radius 1 is 1.28 bits per heavy atom. The van der Waals surface area contributed by atoms with Gasteiger partial charge in [-0.3, -0.25) is 0 Å². The Kier molecular flexibility index (Phi) is 3.61. The van der Waals surface area contributed by atoms with Crippen LogP contribution in [-0.4, -0.2) is 25.0 Å². The van der Waals surface area contributed by atoms with Crippen LogP contribution in [0.15, 0.2) is 24.3 Å². The van der Waals surface area contributed by atoms with Crippen molar-refractivity contribution in [3.63, 3.8) is 0 Å². The molecule has 0 bridgehead atoms. The average Bonchev–Trinajstić information content (AvgIpc) is 2.65. The van der Waals surface area contributed by atoms with Crippen molar-refractivity contribution in [2.45, 2.75) is 31.8 Å². The summed E-state index contributed by atoms with van der Waals surface area (Å²) in [5.41, 5.74) is 0.834. The minimum atomic E-state index is -0.816. The maximum atomic E-state index is 11.7. The van der Waals surface area contributed by atoms with E-state index in [1.54, 1.807) is 26.0 Å². The normalized spacial score (nSPS) is 26.0. The molecule has 0 aromatic heterocycles. The second-order valence-corrected chi connectivity index (χ2v) is 4.99. The van der Waals surface area contributed by atoms with Crippen molar-refractivity contribution in [3.05, 3.63) is 34.9 Å². The van der Waals surface area contributed by atoms with Crippen molar-refractivity contribution in [1.29, 1.82) is 0 Å². The zero-order valence-electron chi connectivity index (χ0n) is 10.5. The Hall–Kier alpha value is -1.10. The molecule has 2 atom stereocenters. The average molecular weight is 271 g/mol. The molecule has 0 N–H and O–H groups in total. The molecular formula is C13H15ClO4. The molecule has 98 valence electrons. The smallest absolute Gasteiger partial charge is 0.338 e. The van der Waals surface area contributed by atoms with Crippen LogP contribution in [-0.2, 0) is 19.0 Å². The van der Waals surface area contributed by atoms with Crippen LogP contribution in [0.4, 0.5) is 0 Å². The van der Waals surface area contributed by atoms with Gasteiger partial charge in [-0.2, -0.15) is 0 Å². The van der Waals surface area contributed by atoms with E-state index in [2.05, 4.69) is 0 Å². The van der Waals surface area contributed by atoms with Gasteiger partial charge in [-0.1, -0.05) is 23.7 Å². The molecule has 1 aliphatic heterocycles. The quantitative estimate of drug-likeness (QED) is 0.775. The topological polar surface area (TPSA) is 44.8 Å². The van der Waals surface area contributed by atoms with Crippen molar-refractivity contribution in [1.82, 2.24) is 0 Å². The molecule has 0 radical (unpaired) electrons. The molecule has 1 saturated heterocycles. The first-order chi connectivity index (χ1) is 8.43. The van der Waals surface area contributed by atoms with E-state index >= 15 is 0 Å². The Morgan fingerprint density at radius 2 is 1.89 bits per heavy atom. The van der Waals surface area contributed by atoms with Gasteiger partial charge < -0.3 is 14.2 Å². The maximum absolute atomic E-state index is 11.7. The minimum absolute atomic E-state index is 0.444. The Bertz CT molecular complexity index is 441. The molecule has 5 heteroatoms. The summed E-state index contributed by atoms with van der Waals surface area (Å²) in [4.78, 5) is 11.7. The number of methoxy groups -OCH3 is 1. The van der Waals surface area contributed by atoms with E-state index in [1.807, 2.05) is 12.1 Å². The number of hydrogen-bond acceptors (Lipinski definition) is 4. The fourth-order valence-electron chi connectivity index (χ4n) is 1.95. The number of halogens is 1. The van der Waals surface area contributed by atoms with Gasteiger partial charge in [0.05, 0.1) is 7.11 Å². The Labute approximate surface area is 111 Å². The van der Waals surface area contributed by atoms with Gasteiger partial charge in [-0.05, 0) is 31.5 Å². The summed E-state index contributed by atoms with van der Waals surface area (Å²) in [5, 5.41) is 0.631. The third-order valence-corrected chi connectivity index (χ3v) is 2.98. The molecule has 0 aliphatic carbocycles. The molecule has 0 amide bonds. The molecule has 18 heavy (non-hydrogen) atoms. The summed E-state index contributed by atoms with van der Waals surface area (Å²) in [6.07, 6.45) is -1.24. The first-order valence-electron chi connectivity index (χ1n) is 5.62. The van der Waals surface area contributed by atoms with Gasteiger partial charge in [0, 0.05) is 5.02 Å². The standard InChI is InChI=1S/C13H15ClO4/c1-13(2)17-10(11(18-13)12(15)16-3)8-4-6-9(14)7-5-8/h4-7,10-11H,1-3H3. The lowest BCUT2D eigenvalue weighted by atomic mass is 10.0. The molecule has 4 nitrogen and oxygen atoms in total. The van der Waals surface area contributed by atoms with Crippen molar-refractivity contribution in [2.75, 3.05) is 7.11 Å². The molecule has 1 aromatic carbocycles. The van der Waals surface area contributed by atoms with E-state index in [9.17, 15) is 4.79 Å². The number of carbonyl (C=O) groups excluding carboxylic acids is 1. The van der Waals surface area contributed by atoms with Crippen LogP contribution in [0.1, 0.15) is 25.5 Å². The summed E-state index contributed by atoms with van der Waals surface area (Å²) in [5.74, 6) is -1.26. The highest BCUT2D eigenvalue weighted by molar-refractivity contribution is 6.30. The lowest BCUT2D eigenvalue weighted by Gasteiger charge is -2.16. The van der Waals surface area contributed by atoms with Crippen molar-refractivity contribution in [2.24, 2.45) is 0 Å². The molecule has 2 rings (SSSR count).